The Kier molecular flexibility index (Phi) is 8.30. The molecule has 3 aromatic rings. The fraction of sp³-hybridized carbons (Fsp3) is 0.261. The summed E-state index contributed by atoms with van der Waals surface area (Å²) in [4.78, 5) is 1.51. The lowest BCUT2D eigenvalue weighted by Gasteiger charge is -2.24. The van der Waals surface area contributed by atoms with Crippen LogP contribution in [0.1, 0.15) is 30.4 Å². The Hall–Kier alpha value is -3.10. The van der Waals surface area contributed by atoms with E-state index in [2.05, 4.69) is 16.3 Å². The molecule has 0 unspecified atom stereocenters. The number of piperidine rings is 1. The van der Waals surface area contributed by atoms with Crippen molar-refractivity contribution in [3.8, 4) is 11.8 Å². The number of nitrogens with one attached hydrogen (secondary N) is 1. The van der Waals surface area contributed by atoms with Crippen molar-refractivity contribution in [1.82, 2.24) is 0 Å². The molecule has 0 amide bonds. The average Bonchev–Trinajstić information content (AvgIpc) is 2.80. The summed E-state index contributed by atoms with van der Waals surface area (Å²) in [5.74, 6) is 0.353. The van der Waals surface area contributed by atoms with E-state index in [0.717, 1.165) is 41.7 Å². The maximum atomic E-state index is 10.8. The number of halogens is 1. The van der Waals surface area contributed by atoms with Gasteiger partial charge in [0.2, 0.25) is 0 Å². The maximum absolute atomic E-state index is 10.8. The Bertz CT molecular complexity index is 1140. The molecule has 0 aliphatic carbocycles. The quantitative estimate of drug-likeness (QED) is 0.494. The van der Waals surface area contributed by atoms with Gasteiger partial charge in [0.15, 0.2) is 0 Å². The average molecular weight is 471 g/mol. The van der Waals surface area contributed by atoms with Gasteiger partial charge >= 0.3 is 0 Å². The maximum Gasteiger partial charge on any atom is 0.132 e. The number of aromatic hydroxyl groups is 1. The summed E-state index contributed by atoms with van der Waals surface area (Å²) in [6.07, 6.45) is 3.79. The van der Waals surface area contributed by atoms with Gasteiger partial charge in [0.25, 0.3) is 0 Å². The van der Waals surface area contributed by atoms with Gasteiger partial charge in [0.1, 0.15) is 12.3 Å². The first-order valence-corrected chi connectivity index (χ1v) is 11.6. The molecule has 1 aliphatic heterocycles. The standard InChI is InChI=1S/C23H22N4O.ClHO4/c24-15-17-8-10-19(11-9-17)25-26-22-14-18(16-27-12-4-1-5-13-27)23(28)21-7-3-2-6-20(21)22;2-1(3,4)5/h2-3,6-11,14,28H,1,4-5,12-13,16H2;(H,2,3,4,5). The lowest BCUT2D eigenvalue weighted by Crippen LogP contribution is -3.11. The van der Waals surface area contributed by atoms with Crippen molar-refractivity contribution in [1.29, 1.82) is 5.26 Å². The van der Waals surface area contributed by atoms with E-state index in [0.29, 0.717) is 17.0 Å². The predicted molar refractivity (Wildman–Crippen MR) is 109 cm³/mol. The molecule has 1 heterocycles. The van der Waals surface area contributed by atoms with Crippen LogP contribution in [-0.2, 0) is 6.54 Å². The zero-order valence-electron chi connectivity index (χ0n) is 17.7. The van der Waals surface area contributed by atoms with Crippen LogP contribution in [0.15, 0.2) is 64.8 Å². The van der Waals surface area contributed by atoms with Crippen molar-refractivity contribution in [3.63, 3.8) is 0 Å². The van der Waals surface area contributed by atoms with Crippen molar-refractivity contribution < 1.29 is 38.9 Å². The molecular formula is C23H23ClN4O5. The van der Waals surface area contributed by atoms with Crippen LogP contribution in [0, 0.1) is 21.6 Å². The molecule has 0 aromatic heterocycles. The summed E-state index contributed by atoms with van der Waals surface area (Å²) >= 11 is 0. The third-order valence-electron chi connectivity index (χ3n) is 5.34. The summed E-state index contributed by atoms with van der Waals surface area (Å²) in [6, 6.07) is 18.9. The Morgan fingerprint density at radius 3 is 2.12 bits per heavy atom. The smallest absolute Gasteiger partial charge is 0.132 e. The number of phenols is 1. The lowest BCUT2D eigenvalue weighted by molar-refractivity contribution is -2.00. The van der Waals surface area contributed by atoms with Gasteiger partial charge in [-0.05, 0) is 49.6 Å². The number of likely N-dealkylation sites (tertiary alicyclic amines) is 1. The Morgan fingerprint density at radius 1 is 0.909 bits per heavy atom. The number of benzene rings is 3. The van der Waals surface area contributed by atoms with Gasteiger partial charge in [-0.25, -0.2) is 18.6 Å². The van der Waals surface area contributed by atoms with E-state index in [1.54, 1.807) is 24.3 Å². The molecule has 0 saturated carbocycles. The van der Waals surface area contributed by atoms with Crippen LogP contribution in [0.2, 0.25) is 0 Å². The number of hydrogen-bond donors (Lipinski definition) is 2. The molecule has 0 radical (unpaired) electrons. The highest BCUT2D eigenvalue weighted by atomic mass is 35.7. The fourth-order valence-electron chi connectivity index (χ4n) is 3.83. The molecule has 3 aromatic carbocycles. The van der Waals surface area contributed by atoms with Gasteiger partial charge in [0, 0.05) is 10.8 Å². The zero-order valence-corrected chi connectivity index (χ0v) is 18.5. The molecule has 0 spiro atoms. The third-order valence-corrected chi connectivity index (χ3v) is 5.34. The molecular weight excluding hydrogens is 448 g/mol. The van der Waals surface area contributed by atoms with Gasteiger partial charge in [-0.3, -0.25) is 0 Å². The van der Waals surface area contributed by atoms with Crippen LogP contribution >= 0.6 is 0 Å². The molecule has 1 saturated heterocycles. The molecule has 172 valence electrons. The van der Waals surface area contributed by atoms with Gasteiger partial charge in [0.05, 0.1) is 41.7 Å². The minimum Gasteiger partial charge on any atom is -0.507 e. The van der Waals surface area contributed by atoms with Crippen LogP contribution in [0.3, 0.4) is 0 Å². The second-order valence-electron chi connectivity index (χ2n) is 7.67. The predicted octanol–water partition coefficient (Wildman–Crippen LogP) is -0.355. The molecule has 9 nitrogen and oxygen atoms in total. The summed E-state index contributed by atoms with van der Waals surface area (Å²) in [6.45, 7) is 3.10. The normalized spacial score (nSPS) is 14.6. The second kappa shape index (κ2) is 11.2. The monoisotopic (exact) mass is 470 g/mol. The van der Waals surface area contributed by atoms with Crippen molar-refractivity contribution in [2.24, 2.45) is 10.2 Å². The number of azo groups is 1. The van der Waals surface area contributed by atoms with E-state index < -0.39 is 10.2 Å². The van der Waals surface area contributed by atoms with Crippen molar-refractivity contribution >= 4 is 22.1 Å². The van der Waals surface area contributed by atoms with E-state index in [-0.39, 0.29) is 0 Å². The number of rotatable bonds is 4. The molecule has 1 aliphatic rings. The lowest BCUT2D eigenvalue weighted by atomic mass is 10.0. The minimum absolute atomic E-state index is 0.353. The first kappa shape index (κ1) is 24.5. The van der Waals surface area contributed by atoms with Gasteiger partial charge in [-0.15, -0.1) is 15.4 Å². The van der Waals surface area contributed by atoms with Crippen LogP contribution in [-0.4, -0.2) is 18.2 Å². The van der Waals surface area contributed by atoms with Crippen molar-refractivity contribution in [2.75, 3.05) is 13.1 Å². The number of fused-ring (bicyclic) bond motifs is 1. The van der Waals surface area contributed by atoms with Gasteiger partial charge in [-0.1, -0.05) is 24.3 Å². The van der Waals surface area contributed by atoms with E-state index >= 15 is 0 Å². The number of nitriles is 1. The number of nitrogens with zero attached hydrogens (tertiary/aromatic N) is 3. The summed E-state index contributed by atoms with van der Waals surface area (Å²) in [5.41, 5.74) is 2.97. The van der Waals surface area contributed by atoms with Crippen LogP contribution in [0.4, 0.5) is 11.4 Å². The minimum atomic E-state index is -4.94. The molecule has 0 atom stereocenters. The molecule has 1 fully saturated rings. The van der Waals surface area contributed by atoms with E-state index in [1.165, 1.54) is 24.2 Å². The van der Waals surface area contributed by atoms with Crippen molar-refractivity contribution in [3.05, 3.63) is 65.7 Å². The summed E-state index contributed by atoms with van der Waals surface area (Å²) < 4.78 is 34.0. The largest absolute Gasteiger partial charge is 0.507 e. The highest BCUT2D eigenvalue weighted by molar-refractivity contribution is 5.97. The Labute approximate surface area is 193 Å². The zero-order chi connectivity index (χ0) is 23.8. The van der Waals surface area contributed by atoms with Crippen LogP contribution in [0.25, 0.3) is 10.8 Å². The summed E-state index contributed by atoms with van der Waals surface area (Å²) in [5, 5.41) is 30.3. The van der Waals surface area contributed by atoms with Crippen molar-refractivity contribution in [2.45, 2.75) is 25.8 Å². The topological polar surface area (TPSA) is 165 Å². The highest BCUT2D eigenvalue weighted by Crippen LogP contribution is 2.36. The van der Waals surface area contributed by atoms with Crippen LogP contribution in [0.5, 0.6) is 5.75 Å². The second-order valence-corrected chi connectivity index (χ2v) is 8.43. The van der Waals surface area contributed by atoms with E-state index in [4.69, 9.17) is 23.9 Å². The number of phenolic OH excluding ortho intramolecular Hbond substituents is 1. The van der Waals surface area contributed by atoms with Gasteiger partial charge in [-0.2, -0.15) is 10.4 Å². The number of quaternary nitrogens is 1. The van der Waals surface area contributed by atoms with Crippen LogP contribution < -0.4 is 23.5 Å². The molecule has 10 heteroatoms. The number of hydrogen-bond acceptors (Lipinski definition) is 8. The fourth-order valence-corrected chi connectivity index (χ4v) is 3.83. The first-order valence-electron chi connectivity index (χ1n) is 10.4. The Morgan fingerprint density at radius 2 is 1.52 bits per heavy atom. The van der Waals surface area contributed by atoms with E-state index in [9.17, 15) is 5.11 Å². The highest BCUT2D eigenvalue weighted by Gasteiger charge is 2.18. The molecule has 33 heavy (non-hydrogen) atoms. The Balaban J connectivity index is 0.000000555. The SMILES string of the molecule is N#Cc1ccc(N=Nc2cc(C[NH+]3CCCCC3)c(O)c3ccccc23)cc1.[O-][Cl+3]([O-])([O-])[O-]. The third kappa shape index (κ3) is 7.47. The molecule has 0 bridgehead atoms. The molecule has 2 N–H and O–H groups in total. The summed E-state index contributed by atoms with van der Waals surface area (Å²) in [7, 11) is -4.94. The van der Waals surface area contributed by atoms with Gasteiger partial charge < -0.3 is 10.0 Å². The molecule has 4 rings (SSSR count). The van der Waals surface area contributed by atoms with E-state index in [1.807, 2.05) is 30.3 Å². The first-order chi connectivity index (χ1) is 15.7.